The van der Waals surface area contributed by atoms with Gasteiger partial charge in [0.1, 0.15) is 6.33 Å². The normalized spacial score (nSPS) is 10.4. The lowest BCUT2D eigenvalue weighted by molar-refractivity contribution is -0.383. The number of anilines is 2. The van der Waals surface area contributed by atoms with Gasteiger partial charge in [0.2, 0.25) is 17.5 Å². The zero-order valence-corrected chi connectivity index (χ0v) is 18.9. The Bertz CT molecular complexity index is 1230. The van der Waals surface area contributed by atoms with Crippen LogP contribution in [0.15, 0.2) is 97.3 Å². The average Bonchev–Trinajstić information content (AvgIpc) is 2.88. The maximum absolute atomic E-state index is 12.4. The molecule has 0 aliphatic rings. The molecule has 4 rings (SSSR count). The Morgan fingerprint density at radius 3 is 1.83 bits per heavy atom. The van der Waals surface area contributed by atoms with Gasteiger partial charge in [-0.25, -0.2) is 9.97 Å². The van der Waals surface area contributed by atoms with Gasteiger partial charge in [-0.3, -0.25) is 25.8 Å². The number of nitrogens with one attached hydrogen (secondary N) is 2. The van der Waals surface area contributed by atoms with Crippen molar-refractivity contribution in [2.75, 3.05) is 10.3 Å². The summed E-state index contributed by atoms with van der Waals surface area (Å²) in [6.45, 7) is 0.792. The topological polar surface area (TPSA) is 113 Å². The fourth-order valence-corrected chi connectivity index (χ4v) is 3.63. The molecule has 0 saturated carbocycles. The molecule has 0 spiro atoms. The second-order valence-electron chi connectivity index (χ2n) is 7.81. The average molecular weight is 469 g/mol. The SMILES string of the molecule is O=C(Cc1ccccc1)NNc1ncnc(N(Cc2ccccc2)Cc2ccccc2)c1[N+](=O)[O-]. The monoisotopic (exact) mass is 468 g/mol. The number of carbonyl (C=O) groups is 1. The molecule has 1 amide bonds. The smallest absolute Gasteiger partial charge is 0.342 e. The summed E-state index contributed by atoms with van der Waals surface area (Å²) in [7, 11) is 0. The van der Waals surface area contributed by atoms with Crippen LogP contribution >= 0.6 is 0 Å². The lowest BCUT2D eigenvalue weighted by Gasteiger charge is -2.24. The number of hydrogen-bond acceptors (Lipinski definition) is 7. The van der Waals surface area contributed by atoms with E-state index in [1.807, 2.05) is 95.9 Å². The van der Waals surface area contributed by atoms with Gasteiger partial charge in [0.25, 0.3) is 0 Å². The lowest BCUT2D eigenvalue weighted by atomic mass is 10.1. The van der Waals surface area contributed by atoms with Crippen LogP contribution in [0.25, 0.3) is 0 Å². The number of carbonyl (C=O) groups excluding carboxylic acids is 1. The Kier molecular flexibility index (Phi) is 7.59. The minimum absolute atomic E-state index is 0.0902. The van der Waals surface area contributed by atoms with Crippen molar-refractivity contribution in [3.63, 3.8) is 0 Å². The molecule has 0 fully saturated rings. The third-order valence-corrected chi connectivity index (χ3v) is 5.25. The maximum atomic E-state index is 12.4. The fraction of sp³-hybridized carbons (Fsp3) is 0.115. The quantitative estimate of drug-likeness (QED) is 0.264. The maximum Gasteiger partial charge on any atom is 0.355 e. The first-order valence-corrected chi connectivity index (χ1v) is 11.0. The number of benzene rings is 3. The van der Waals surface area contributed by atoms with E-state index in [9.17, 15) is 14.9 Å². The molecule has 0 atom stereocenters. The summed E-state index contributed by atoms with van der Waals surface area (Å²) >= 11 is 0. The molecule has 1 aromatic heterocycles. The van der Waals surface area contributed by atoms with Gasteiger partial charge in [-0.2, -0.15) is 0 Å². The third-order valence-electron chi connectivity index (χ3n) is 5.25. The van der Waals surface area contributed by atoms with Crippen molar-refractivity contribution < 1.29 is 9.72 Å². The molecule has 0 unspecified atom stereocenters. The Morgan fingerprint density at radius 2 is 1.31 bits per heavy atom. The van der Waals surface area contributed by atoms with E-state index in [1.54, 1.807) is 0 Å². The van der Waals surface area contributed by atoms with Crippen LogP contribution < -0.4 is 15.8 Å². The third kappa shape index (κ3) is 6.38. The number of aromatic nitrogens is 2. The number of nitro groups is 1. The first-order valence-electron chi connectivity index (χ1n) is 11.0. The predicted octanol–water partition coefficient (Wildman–Crippen LogP) is 4.28. The van der Waals surface area contributed by atoms with E-state index in [0.717, 1.165) is 16.7 Å². The molecule has 0 bridgehead atoms. The van der Waals surface area contributed by atoms with Gasteiger partial charge >= 0.3 is 5.69 Å². The van der Waals surface area contributed by atoms with Gasteiger partial charge in [0, 0.05) is 13.1 Å². The zero-order valence-electron chi connectivity index (χ0n) is 18.9. The van der Waals surface area contributed by atoms with Crippen molar-refractivity contribution in [2.45, 2.75) is 19.5 Å². The largest absolute Gasteiger partial charge is 0.355 e. The van der Waals surface area contributed by atoms with Gasteiger partial charge in [0.05, 0.1) is 11.3 Å². The molecule has 0 aliphatic carbocycles. The molecule has 9 nitrogen and oxygen atoms in total. The molecular formula is C26H24N6O3. The Morgan fingerprint density at radius 1 is 0.800 bits per heavy atom. The molecule has 3 aromatic carbocycles. The first-order chi connectivity index (χ1) is 17.1. The highest BCUT2D eigenvalue weighted by Gasteiger charge is 2.28. The van der Waals surface area contributed by atoms with Gasteiger partial charge in [-0.15, -0.1) is 0 Å². The van der Waals surface area contributed by atoms with E-state index >= 15 is 0 Å². The van der Waals surface area contributed by atoms with Crippen molar-refractivity contribution in [1.29, 1.82) is 0 Å². The highest BCUT2D eigenvalue weighted by Crippen LogP contribution is 2.33. The minimum atomic E-state index is -0.538. The molecule has 0 aliphatic heterocycles. The van der Waals surface area contributed by atoms with Gasteiger partial charge in [0.15, 0.2) is 0 Å². The van der Waals surface area contributed by atoms with Crippen LogP contribution in [-0.2, 0) is 24.3 Å². The number of rotatable bonds is 10. The molecule has 1 heterocycles. The Hall–Kier alpha value is -4.79. The second kappa shape index (κ2) is 11.4. The Labute approximate surface area is 202 Å². The molecule has 176 valence electrons. The molecule has 35 heavy (non-hydrogen) atoms. The van der Waals surface area contributed by atoms with Crippen molar-refractivity contribution in [2.24, 2.45) is 0 Å². The first kappa shape index (κ1) is 23.4. The van der Waals surface area contributed by atoms with E-state index in [2.05, 4.69) is 20.8 Å². The van der Waals surface area contributed by atoms with Crippen LogP contribution in [0.2, 0.25) is 0 Å². The minimum Gasteiger partial charge on any atom is -0.342 e. The number of hydrazine groups is 1. The number of amides is 1. The summed E-state index contributed by atoms with van der Waals surface area (Å²) in [5.74, 6) is -0.291. The Balaban J connectivity index is 1.60. The molecule has 0 radical (unpaired) electrons. The molecule has 2 N–H and O–H groups in total. The van der Waals surface area contributed by atoms with Crippen LogP contribution in [0, 0.1) is 10.1 Å². The predicted molar refractivity (Wildman–Crippen MR) is 133 cm³/mol. The van der Waals surface area contributed by atoms with E-state index < -0.39 is 4.92 Å². The standard InChI is InChI=1S/C26H24N6O3/c33-23(16-20-10-4-1-5-11-20)29-30-25-24(32(34)35)26(28-19-27-25)31(17-21-12-6-2-7-13-21)18-22-14-8-3-9-15-22/h1-15,19H,16-18H2,(H,29,33)(H,27,28,30). The summed E-state index contributed by atoms with van der Waals surface area (Å²) in [6.07, 6.45) is 1.37. The summed E-state index contributed by atoms with van der Waals surface area (Å²) in [5, 5.41) is 12.1. The van der Waals surface area contributed by atoms with Crippen molar-refractivity contribution in [3.8, 4) is 0 Å². The molecule has 4 aromatic rings. The summed E-state index contributed by atoms with van der Waals surface area (Å²) in [5.41, 5.74) is 7.57. The van der Waals surface area contributed by atoms with E-state index in [4.69, 9.17) is 0 Å². The fourth-order valence-electron chi connectivity index (χ4n) is 3.63. The summed E-state index contributed by atoms with van der Waals surface area (Å²) < 4.78 is 0. The lowest BCUT2D eigenvalue weighted by Crippen LogP contribution is -2.32. The van der Waals surface area contributed by atoms with Gasteiger partial charge in [-0.05, 0) is 16.7 Å². The van der Waals surface area contributed by atoms with Crippen molar-refractivity contribution >= 4 is 23.2 Å². The summed E-state index contributed by atoms with van der Waals surface area (Å²) in [4.78, 5) is 34.1. The van der Waals surface area contributed by atoms with Crippen LogP contribution in [0.3, 0.4) is 0 Å². The molecule has 0 saturated heterocycles. The van der Waals surface area contributed by atoms with E-state index in [0.29, 0.717) is 13.1 Å². The van der Waals surface area contributed by atoms with Crippen LogP contribution in [0.5, 0.6) is 0 Å². The summed E-state index contributed by atoms with van der Waals surface area (Å²) in [6, 6.07) is 28.5. The van der Waals surface area contributed by atoms with Crippen LogP contribution in [0.1, 0.15) is 16.7 Å². The van der Waals surface area contributed by atoms with E-state index in [1.165, 1.54) is 6.33 Å². The highest BCUT2D eigenvalue weighted by atomic mass is 16.6. The van der Waals surface area contributed by atoms with Gasteiger partial charge < -0.3 is 4.90 Å². The number of hydrogen-bond donors (Lipinski definition) is 2. The van der Waals surface area contributed by atoms with Crippen molar-refractivity contribution in [3.05, 3.63) is 124 Å². The molecule has 9 heteroatoms. The second-order valence-corrected chi connectivity index (χ2v) is 7.81. The van der Waals surface area contributed by atoms with Crippen molar-refractivity contribution in [1.82, 2.24) is 15.4 Å². The molecular weight excluding hydrogens is 444 g/mol. The number of nitrogens with zero attached hydrogens (tertiary/aromatic N) is 4. The van der Waals surface area contributed by atoms with Crippen LogP contribution in [-0.4, -0.2) is 20.8 Å². The van der Waals surface area contributed by atoms with Crippen LogP contribution in [0.4, 0.5) is 17.3 Å². The zero-order chi connectivity index (χ0) is 24.5. The van der Waals surface area contributed by atoms with Gasteiger partial charge in [-0.1, -0.05) is 91.0 Å². The van der Waals surface area contributed by atoms with E-state index in [-0.39, 0.29) is 29.7 Å². The highest BCUT2D eigenvalue weighted by molar-refractivity contribution is 5.81.